The first-order chi connectivity index (χ1) is 15.2. The quantitative estimate of drug-likeness (QED) is 0.313. The Kier molecular flexibility index (Phi) is 6.72. The van der Waals surface area contributed by atoms with Crippen LogP contribution in [0.15, 0.2) is 70.4 Å². The van der Waals surface area contributed by atoms with Gasteiger partial charge in [0, 0.05) is 42.2 Å². The molecule has 0 aliphatic rings. The summed E-state index contributed by atoms with van der Waals surface area (Å²) in [5.74, 6) is 2.21. The van der Waals surface area contributed by atoms with Crippen LogP contribution in [0, 0.1) is 0 Å². The van der Waals surface area contributed by atoms with Gasteiger partial charge in [0.05, 0.1) is 5.69 Å². The molecule has 0 amide bonds. The smallest absolute Gasteiger partial charge is 0.226 e. The summed E-state index contributed by atoms with van der Waals surface area (Å²) in [6, 6.07) is 18.5. The molecule has 4 rings (SSSR count). The summed E-state index contributed by atoms with van der Waals surface area (Å²) in [6.07, 6.45) is 1.72. The van der Waals surface area contributed by atoms with Crippen LogP contribution in [0.2, 0.25) is 0 Å². The van der Waals surface area contributed by atoms with Gasteiger partial charge in [-0.15, -0.1) is 10.2 Å². The van der Waals surface area contributed by atoms with E-state index in [0.717, 1.165) is 47.4 Å². The van der Waals surface area contributed by atoms with Gasteiger partial charge in [-0.05, 0) is 57.2 Å². The summed E-state index contributed by atoms with van der Waals surface area (Å²) in [6.45, 7) is 9.26. The van der Waals surface area contributed by atoms with E-state index in [1.54, 1.807) is 18.0 Å². The number of anilines is 1. The molecule has 0 unspecified atom stereocenters. The Balaban J connectivity index is 1.48. The lowest BCUT2D eigenvalue weighted by Gasteiger charge is -2.21. The van der Waals surface area contributed by atoms with Crippen molar-refractivity contribution in [2.45, 2.75) is 38.2 Å². The number of hydrogen-bond acceptors (Lipinski definition) is 6. The summed E-state index contributed by atoms with van der Waals surface area (Å²) in [7, 11) is 0. The molecule has 0 radical (unpaired) electrons. The van der Waals surface area contributed by atoms with Crippen molar-refractivity contribution in [1.29, 1.82) is 0 Å². The van der Waals surface area contributed by atoms with E-state index in [1.165, 1.54) is 5.69 Å². The second kappa shape index (κ2) is 9.83. The Bertz CT molecular complexity index is 1100. The summed E-state index contributed by atoms with van der Waals surface area (Å²) in [5, 5.41) is 9.80. The lowest BCUT2D eigenvalue weighted by molar-refractivity contribution is 0.573. The van der Waals surface area contributed by atoms with Gasteiger partial charge in [-0.3, -0.25) is 0 Å². The van der Waals surface area contributed by atoms with E-state index in [1.807, 2.05) is 30.3 Å². The zero-order valence-corrected chi connectivity index (χ0v) is 19.0. The Morgan fingerprint density at radius 3 is 2.32 bits per heavy atom. The standard InChI is InChI=1S/C24H27N5OS/c1-4-28(5-2)21-14-12-18(13-15-21)22-26-27-24(29(22)6-3)31-17-20-16-30-23(25-20)19-10-8-7-9-11-19/h7-16H,4-6,17H2,1-3H3. The van der Waals surface area contributed by atoms with Gasteiger partial charge >= 0.3 is 0 Å². The molecule has 4 aromatic rings. The molecular formula is C24H27N5OS. The number of aromatic nitrogens is 4. The van der Waals surface area contributed by atoms with E-state index in [4.69, 9.17) is 4.42 Å². The molecule has 0 fully saturated rings. The van der Waals surface area contributed by atoms with Crippen LogP contribution in [0.3, 0.4) is 0 Å². The van der Waals surface area contributed by atoms with Crippen molar-refractivity contribution in [3.05, 3.63) is 66.6 Å². The van der Waals surface area contributed by atoms with Crippen LogP contribution >= 0.6 is 11.8 Å². The fourth-order valence-electron chi connectivity index (χ4n) is 3.53. The maximum absolute atomic E-state index is 5.65. The van der Waals surface area contributed by atoms with Crippen LogP contribution in [-0.2, 0) is 12.3 Å². The van der Waals surface area contributed by atoms with Gasteiger partial charge in [-0.1, -0.05) is 30.0 Å². The second-order valence-corrected chi connectivity index (χ2v) is 8.01. The average molecular weight is 434 g/mol. The Morgan fingerprint density at radius 2 is 1.65 bits per heavy atom. The van der Waals surface area contributed by atoms with Gasteiger partial charge in [0.1, 0.15) is 6.26 Å². The molecule has 0 aliphatic carbocycles. The predicted molar refractivity (Wildman–Crippen MR) is 126 cm³/mol. The first-order valence-electron chi connectivity index (χ1n) is 10.6. The van der Waals surface area contributed by atoms with Crippen molar-refractivity contribution in [1.82, 2.24) is 19.7 Å². The van der Waals surface area contributed by atoms with Gasteiger partial charge in [-0.2, -0.15) is 0 Å². The molecule has 160 valence electrons. The summed E-state index contributed by atoms with van der Waals surface area (Å²) >= 11 is 1.62. The van der Waals surface area contributed by atoms with Crippen molar-refractivity contribution in [3.63, 3.8) is 0 Å². The lowest BCUT2D eigenvalue weighted by atomic mass is 10.2. The molecule has 6 nitrogen and oxygen atoms in total. The van der Waals surface area contributed by atoms with Crippen LogP contribution in [0.25, 0.3) is 22.8 Å². The zero-order valence-electron chi connectivity index (χ0n) is 18.2. The highest BCUT2D eigenvalue weighted by Crippen LogP contribution is 2.28. The molecule has 0 N–H and O–H groups in total. The summed E-state index contributed by atoms with van der Waals surface area (Å²) in [5.41, 5.74) is 4.17. The molecule has 0 spiro atoms. The number of oxazole rings is 1. The Labute approximate surface area is 187 Å². The predicted octanol–water partition coefficient (Wildman–Crippen LogP) is 5.76. The Hall–Kier alpha value is -3.06. The Morgan fingerprint density at radius 1 is 0.903 bits per heavy atom. The first kappa shape index (κ1) is 21.2. The number of thioether (sulfide) groups is 1. The molecule has 0 atom stereocenters. The third-order valence-electron chi connectivity index (χ3n) is 5.21. The second-order valence-electron chi connectivity index (χ2n) is 7.07. The molecule has 2 heterocycles. The van der Waals surface area contributed by atoms with Crippen LogP contribution in [0.5, 0.6) is 0 Å². The van der Waals surface area contributed by atoms with Crippen molar-refractivity contribution < 1.29 is 4.42 Å². The molecular weight excluding hydrogens is 406 g/mol. The molecule has 2 aromatic heterocycles. The fraction of sp³-hybridized carbons (Fsp3) is 0.292. The number of rotatable bonds is 9. The average Bonchev–Trinajstić information content (AvgIpc) is 3.46. The molecule has 0 bridgehead atoms. The van der Waals surface area contributed by atoms with Gasteiger partial charge in [0.15, 0.2) is 11.0 Å². The molecule has 7 heteroatoms. The van der Waals surface area contributed by atoms with Crippen LogP contribution in [-0.4, -0.2) is 32.8 Å². The molecule has 2 aromatic carbocycles. The zero-order chi connectivity index (χ0) is 21.6. The molecule has 31 heavy (non-hydrogen) atoms. The minimum Gasteiger partial charge on any atom is -0.444 e. The lowest BCUT2D eigenvalue weighted by Crippen LogP contribution is -2.21. The maximum atomic E-state index is 5.65. The number of nitrogens with zero attached hydrogens (tertiary/aromatic N) is 5. The van der Waals surface area contributed by atoms with E-state index in [2.05, 4.69) is 69.7 Å². The van der Waals surface area contributed by atoms with Crippen molar-refractivity contribution in [2.24, 2.45) is 0 Å². The fourth-order valence-corrected chi connectivity index (χ4v) is 4.41. The largest absolute Gasteiger partial charge is 0.444 e. The highest BCUT2D eigenvalue weighted by molar-refractivity contribution is 7.98. The van der Waals surface area contributed by atoms with Gasteiger partial charge < -0.3 is 13.9 Å². The minimum absolute atomic E-state index is 0.641. The van der Waals surface area contributed by atoms with Crippen molar-refractivity contribution >= 4 is 17.4 Å². The monoisotopic (exact) mass is 433 g/mol. The number of benzene rings is 2. The van der Waals surface area contributed by atoms with E-state index in [-0.39, 0.29) is 0 Å². The number of hydrogen-bond donors (Lipinski definition) is 0. The van der Waals surface area contributed by atoms with Crippen LogP contribution in [0.1, 0.15) is 26.5 Å². The third kappa shape index (κ3) is 4.66. The highest BCUT2D eigenvalue weighted by atomic mass is 32.2. The van der Waals surface area contributed by atoms with E-state index >= 15 is 0 Å². The summed E-state index contributed by atoms with van der Waals surface area (Å²) < 4.78 is 7.80. The topological polar surface area (TPSA) is 60.0 Å². The van der Waals surface area contributed by atoms with Gasteiger partial charge in [0.25, 0.3) is 0 Å². The summed E-state index contributed by atoms with van der Waals surface area (Å²) in [4.78, 5) is 6.94. The van der Waals surface area contributed by atoms with Crippen molar-refractivity contribution in [2.75, 3.05) is 18.0 Å². The highest BCUT2D eigenvalue weighted by Gasteiger charge is 2.15. The van der Waals surface area contributed by atoms with Crippen LogP contribution in [0.4, 0.5) is 5.69 Å². The maximum Gasteiger partial charge on any atom is 0.226 e. The first-order valence-corrected chi connectivity index (χ1v) is 11.6. The SMILES string of the molecule is CCN(CC)c1ccc(-c2nnc(SCc3coc(-c4ccccc4)n3)n2CC)cc1. The molecule has 0 saturated heterocycles. The third-order valence-corrected chi connectivity index (χ3v) is 6.21. The van der Waals surface area contributed by atoms with Crippen LogP contribution < -0.4 is 4.90 Å². The van der Waals surface area contributed by atoms with E-state index < -0.39 is 0 Å². The normalized spacial score (nSPS) is 11.1. The minimum atomic E-state index is 0.641. The van der Waals surface area contributed by atoms with E-state index in [0.29, 0.717) is 11.6 Å². The van der Waals surface area contributed by atoms with Gasteiger partial charge in [-0.25, -0.2) is 4.98 Å². The molecule has 0 aliphatic heterocycles. The molecule has 0 saturated carbocycles. The van der Waals surface area contributed by atoms with Crippen molar-refractivity contribution in [3.8, 4) is 22.8 Å². The van der Waals surface area contributed by atoms with Gasteiger partial charge in [0.2, 0.25) is 5.89 Å². The van der Waals surface area contributed by atoms with E-state index in [9.17, 15) is 0 Å².